The second kappa shape index (κ2) is 7.70. The molecule has 1 heterocycles. The van der Waals surface area contributed by atoms with Gasteiger partial charge in [-0.3, -0.25) is 14.5 Å². The smallest absolute Gasteiger partial charge is 0.293 e. The summed E-state index contributed by atoms with van der Waals surface area (Å²) in [4.78, 5) is 24.8. The summed E-state index contributed by atoms with van der Waals surface area (Å²) < 4.78 is 19.2. The van der Waals surface area contributed by atoms with Gasteiger partial charge < -0.3 is 4.74 Å². The fraction of sp³-hybridized carbons (Fsp3) is 0.111. The summed E-state index contributed by atoms with van der Waals surface area (Å²) in [6.45, 7) is -0.0276. The first-order chi connectivity index (χ1) is 12.4. The van der Waals surface area contributed by atoms with Gasteiger partial charge in [-0.2, -0.15) is 0 Å². The number of carbonyl (C=O) groups excluding carboxylic acids is 2. The van der Waals surface area contributed by atoms with Crippen molar-refractivity contribution in [2.24, 2.45) is 0 Å². The molecular weight excluding hydrogens is 400 g/mol. The van der Waals surface area contributed by atoms with Crippen LogP contribution in [0.1, 0.15) is 11.1 Å². The predicted molar refractivity (Wildman–Crippen MR) is 101 cm³/mol. The summed E-state index contributed by atoms with van der Waals surface area (Å²) in [5.74, 6) is -0.545. The molecule has 2 amide bonds. The fourth-order valence-corrected chi connectivity index (χ4v) is 3.70. The third kappa shape index (κ3) is 3.87. The summed E-state index contributed by atoms with van der Waals surface area (Å²) in [5, 5.41) is 0.0925. The Morgan fingerprint density at radius 1 is 1.19 bits per heavy atom. The van der Waals surface area contributed by atoms with Crippen LogP contribution in [0.25, 0.3) is 6.08 Å². The van der Waals surface area contributed by atoms with Crippen LogP contribution >= 0.6 is 35.0 Å². The van der Waals surface area contributed by atoms with Gasteiger partial charge in [0, 0.05) is 12.6 Å². The second-order valence-electron chi connectivity index (χ2n) is 5.43. The van der Waals surface area contributed by atoms with Gasteiger partial charge >= 0.3 is 0 Å². The highest BCUT2D eigenvalue weighted by Crippen LogP contribution is 2.37. The summed E-state index contributed by atoms with van der Waals surface area (Å²) in [5.41, 5.74) is 0.928. The maximum atomic E-state index is 13.7. The largest absolute Gasteiger partial charge is 0.486 e. The Kier molecular flexibility index (Phi) is 5.55. The molecule has 0 aromatic heterocycles. The molecule has 4 nitrogen and oxygen atoms in total. The molecule has 0 bridgehead atoms. The quantitative estimate of drug-likeness (QED) is 0.633. The van der Waals surface area contributed by atoms with Crippen molar-refractivity contribution in [2.45, 2.75) is 6.61 Å². The zero-order valence-corrected chi connectivity index (χ0v) is 15.8. The lowest BCUT2D eigenvalue weighted by molar-refractivity contribution is -0.121. The molecule has 0 saturated carbocycles. The Hall–Kier alpha value is -2.02. The number of halogens is 3. The number of hydrogen-bond donors (Lipinski definition) is 0. The number of benzene rings is 2. The molecule has 8 heteroatoms. The zero-order chi connectivity index (χ0) is 18.8. The van der Waals surface area contributed by atoms with Crippen molar-refractivity contribution in [3.8, 4) is 5.75 Å². The summed E-state index contributed by atoms with van der Waals surface area (Å²) in [6.07, 6.45) is 1.53. The van der Waals surface area contributed by atoms with E-state index >= 15 is 0 Å². The highest BCUT2D eigenvalue weighted by Gasteiger charge is 2.31. The summed E-state index contributed by atoms with van der Waals surface area (Å²) >= 11 is 13.3. The number of nitrogens with zero attached hydrogens (tertiary/aromatic N) is 1. The van der Waals surface area contributed by atoms with E-state index in [4.69, 9.17) is 27.9 Å². The van der Waals surface area contributed by atoms with E-state index in [-0.39, 0.29) is 44.3 Å². The lowest BCUT2D eigenvalue weighted by atomic mass is 10.2. The average Bonchev–Trinajstić information content (AvgIpc) is 2.82. The van der Waals surface area contributed by atoms with Crippen LogP contribution in [0.3, 0.4) is 0 Å². The Labute approximate surface area is 163 Å². The van der Waals surface area contributed by atoms with Crippen molar-refractivity contribution < 1.29 is 18.7 Å². The van der Waals surface area contributed by atoms with Gasteiger partial charge in [-0.1, -0.05) is 41.4 Å². The van der Waals surface area contributed by atoms with Crippen LogP contribution in [0.4, 0.5) is 9.18 Å². The number of ether oxygens (including phenoxy) is 1. The van der Waals surface area contributed by atoms with Crippen LogP contribution < -0.4 is 4.74 Å². The van der Waals surface area contributed by atoms with Gasteiger partial charge in [0.2, 0.25) is 0 Å². The third-order valence-corrected chi connectivity index (χ3v) is 5.16. The molecule has 0 N–H and O–H groups in total. The topological polar surface area (TPSA) is 46.6 Å². The van der Waals surface area contributed by atoms with Crippen LogP contribution in [0.5, 0.6) is 5.75 Å². The van der Waals surface area contributed by atoms with Crippen molar-refractivity contribution in [2.75, 3.05) is 7.05 Å². The van der Waals surface area contributed by atoms with E-state index in [1.165, 1.54) is 19.2 Å². The molecule has 2 aromatic carbocycles. The van der Waals surface area contributed by atoms with Crippen molar-refractivity contribution in [3.63, 3.8) is 0 Å². The standard InChI is InChI=1S/C18H12Cl2FNO3S/c1-22-17(23)15(26-18(22)24)8-10-6-12(19)16(13(20)7-10)25-9-11-4-2-3-5-14(11)21/h2-8H,9H2,1H3/b15-8-. The number of likely N-dealkylation sites (N-methyl/N-ethyl adjacent to an activating group) is 1. The first-order valence-corrected chi connectivity index (χ1v) is 9.01. The first kappa shape index (κ1) is 18.8. The van der Waals surface area contributed by atoms with E-state index in [1.807, 2.05) is 0 Å². The van der Waals surface area contributed by atoms with Gasteiger partial charge in [0.15, 0.2) is 5.75 Å². The van der Waals surface area contributed by atoms with Gasteiger partial charge in [-0.15, -0.1) is 0 Å². The highest BCUT2D eigenvalue weighted by atomic mass is 35.5. The number of amides is 2. The summed E-state index contributed by atoms with van der Waals surface area (Å²) in [7, 11) is 1.41. The van der Waals surface area contributed by atoms with Crippen LogP contribution in [0.2, 0.25) is 10.0 Å². The number of rotatable bonds is 4. The molecule has 1 aliphatic heterocycles. The van der Waals surface area contributed by atoms with Crippen LogP contribution in [0, 0.1) is 5.82 Å². The Balaban J connectivity index is 1.82. The Bertz CT molecular complexity index is 909. The molecule has 0 unspecified atom stereocenters. The van der Waals surface area contributed by atoms with E-state index in [0.29, 0.717) is 11.1 Å². The number of carbonyl (C=O) groups is 2. The molecule has 0 radical (unpaired) electrons. The average molecular weight is 412 g/mol. The molecule has 0 atom stereocenters. The summed E-state index contributed by atoms with van der Waals surface area (Å²) in [6, 6.07) is 9.36. The van der Waals surface area contributed by atoms with Gasteiger partial charge in [0.1, 0.15) is 12.4 Å². The van der Waals surface area contributed by atoms with E-state index in [0.717, 1.165) is 16.7 Å². The number of thioether (sulfide) groups is 1. The highest BCUT2D eigenvalue weighted by molar-refractivity contribution is 8.18. The van der Waals surface area contributed by atoms with E-state index < -0.39 is 0 Å². The minimum atomic E-state index is -0.383. The molecule has 1 saturated heterocycles. The van der Waals surface area contributed by atoms with Gasteiger partial charge in [-0.05, 0) is 41.6 Å². The van der Waals surface area contributed by atoms with E-state index in [2.05, 4.69) is 0 Å². The van der Waals surface area contributed by atoms with Crippen LogP contribution in [0.15, 0.2) is 41.3 Å². The van der Waals surface area contributed by atoms with Crippen LogP contribution in [-0.4, -0.2) is 23.1 Å². The maximum absolute atomic E-state index is 13.7. The Morgan fingerprint density at radius 2 is 1.85 bits per heavy atom. The molecule has 26 heavy (non-hydrogen) atoms. The van der Waals surface area contributed by atoms with Crippen LogP contribution in [-0.2, 0) is 11.4 Å². The normalized spacial score (nSPS) is 15.8. The molecule has 2 aromatic rings. The maximum Gasteiger partial charge on any atom is 0.293 e. The minimum absolute atomic E-state index is 0.0276. The zero-order valence-electron chi connectivity index (χ0n) is 13.5. The fourth-order valence-electron chi connectivity index (χ4n) is 2.26. The minimum Gasteiger partial charge on any atom is -0.486 e. The molecule has 1 aliphatic rings. The number of hydrogen-bond acceptors (Lipinski definition) is 4. The molecule has 0 aliphatic carbocycles. The lowest BCUT2D eigenvalue weighted by Gasteiger charge is -2.11. The van der Waals surface area contributed by atoms with Crippen molar-refractivity contribution in [3.05, 3.63) is 68.3 Å². The van der Waals surface area contributed by atoms with Gasteiger partial charge in [0.25, 0.3) is 11.1 Å². The SMILES string of the molecule is CN1C(=O)S/C(=C\c2cc(Cl)c(OCc3ccccc3F)c(Cl)c2)C1=O. The molecule has 0 spiro atoms. The van der Waals surface area contributed by atoms with Crippen molar-refractivity contribution in [1.29, 1.82) is 0 Å². The second-order valence-corrected chi connectivity index (χ2v) is 7.24. The molecule has 1 fully saturated rings. The van der Waals surface area contributed by atoms with Gasteiger partial charge in [-0.25, -0.2) is 4.39 Å². The molecule has 134 valence electrons. The monoisotopic (exact) mass is 411 g/mol. The van der Waals surface area contributed by atoms with Crippen molar-refractivity contribution >= 4 is 52.2 Å². The van der Waals surface area contributed by atoms with Crippen molar-refractivity contribution in [1.82, 2.24) is 4.90 Å². The third-order valence-electron chi connectivity index (χ3n) is 3.63. The first-order valence-electron chi connectivity index (χ1n) is 7.43. The van der Waals surface area contributed by atoms with E-state index in [1.54, 1.807) is 30.3 Å². The van der Waals surface area contributed by atoms with Gasteiger partial charge in [0.05, 0.1) is 15.0 Å². The molecular formula is C18H12Cl2FNO3S. The predicted octanol–water partition coefficient (Wildman–Crippen LogP) is 5.38. The molecule has 3 rings (SSSR count). The van der Waals surface area contributed by atoms with E-state index in [9.17, 15) is 14.0 Å². The lowest BCUT2D eigenvalue weighted by Crippen LogP contribution is -2.22. The Morgan fingerprint density at radius 3 is 2.42 bits per heavy atom. The number of imide groups is 1.